The Kier molecular flexibility index (Phi) is 4.10. The average molecular weight is 275 g/mol. The van der Waals surface area contributed by atoms with Gasteiger partial charge < -0.3 is 9.41 Å². The van der Waals surface area contributed by atoms with E-state index in [1.54, 1.807) is 0 Å². The molecule has 0 bridgehead atoms. The van der Waals surface area contributed by atoms with Gasteiger partial charge in [0, 0.05) is 23.5 Å². The van der Waals surface area contributed by atoms with E-state index in [-0.39, 0.29) is 5.97 Å². The molecular weight excluding hydrogens is 254 g/mol. The van der Waals surface area contributed by atoms with Gasteiger partial charge in [0.25, 0.3) is 5.97 Å². The van der Waals surface area contributed by atoms with Gasteiger partial charge >= 0.3 is 0 Å². The molecule has 0 saturated heterocycles. The van der Waals surface area contributed by atoms with Gasteiger partial charge in [-0.05, 0) is 44.1 Å². The van der Waals surface area contributed by atoms with Gasteiger partial charge in [0.15, 0.2) is 0 Å². The van der Waals surface area contributed by atoms with Crippen molar-refractivity contribution in [1.29, 1.82) is 0 Å². The summed E-state index contributed by atoms with van der Waals surface area (Å²) in [6.07, 6.45) is 4.29. The van der Waals surface area contributed by atoms with Gasteiger partial charge in [-0.1, -0.05) is 18.2 Å². The van der Waals surface area contributed by atoms with E-state index < -0.39 is 8.32 Å². The molecule has 0 fully saturated rings. The molecule has 0 spiro atoms. The second-order valence-electron chi connectivity index (χ2n) is 5.80. The number of para-hydroxylation sites is 1. The van der Waals surface area contributed by atoms with E-state index in [2.05, 4.69) is 17.1 Å². The number of aromatic amines is 1. The van der Waals surface area contributed by atoms with E-state index >= 15 is 0 Å². The lowest BCUT2D eigenvalue weighted by molar-refractivity contribution is -0.135. The zero-order chi connectivity index (χ0) is 13.9. The number of carbonyl (C=O) groups excluding carboxylic acids is 1. The molecule has 0 unspecified atom stereocenters. The first-order chi connectivity index (χ1) is 8.96. The number of hydrogen-bond donors (Lipinski definition) is 1. The normalized spacial score (nSPS) is 11.7. The van der Waals surface area contributed by atoms with Gasteiger partial charge in [0.05, 0.1) is 0 Å². The third-order valence-corrected chi connectivity index (χ3v) is 3.76. The van der Waals surface area contributed by atoms with Crippen LogP contribution in [0.15, 0.2) is 30.5 Å². The van der Waals surface area contributed by atoms with Crippen molar-refractivity contribution in [2.75, 3.05) is 0 Å². The van der Waals surface area contributed by atoms with Crippen LogP contribution < -0.4 is 0 Å². The fourth-order valence-electron chi connectivity index (χ4n) is 2.15. The smallest absolute Gasteiger partial charge is 0.292 e. The van der Waals surface area contributed by atoms with Crippen LogP contribution in [0.1, 0.15) is 18.4 Å². The molecule has 0 atom stereocenters. The van der Waals surface area contributed by atoms with Crippen LogP contribution in [0.3, 0.4) is 0 Å². The first-order valence-electron chi connectivity index (χ1n) is 6.72. The molecule has 102 valence electrons. The lowest BCUT2D eigenvalue weighted by Crippen LogP contribution is -2.29. The molecule has 1 heterocycles. The van der Waals surface area contributed by atoms with E-state index in [1.807, 2.05) is 38.0 Å². The van der Waals surface area contributed by atoms with E-state index in [1.165, 1.54) is 10.9 Å². The van der Waals surface area contributed by atoms with E-state index in [4.69, 9.17) is 4.43 Å². The summed E-state index contributed by atoms with van der Waals surface area (Å²) in [6, 6.07) is 8.24. The molecule has 3 nitrogen and oxygen atoms in total. The highest BCUT2D eigenvalue weighted by Gasteiger charge is 2.19. The second-order valence-corrected chi connectivity index (χ2v) is 10.2. The minimum atomic E-state index is -1.74. The largest absolute Gasteiger partial charge is 0.520 e. The van der Waals surface area contributed by atoms with E-state index in [0.717, 1.165) is 18.4 Å². The number of hydrogen-bond acceptors (Lipinski definition) is 2. The predicted octanol–water partition coefficient (Wildman–Crippen LogP) is 3.87. The lowest BCUT2D eigenvalue weighted by atomic mass is 10.1. The number of nitrogens with one attached hydrogen (secondary N) is 1. The molecule has 2 rings (SSSR count). The number of H-pyrrole nitrogens is 1. The van der Waals surface area contributed by atoms with Crippen LogP contribution in [-0.4, -0.2) is 19.3 Å². The van der Waals surface area contributed by atoms with Crippen LogP contribution in [0.5, 0.6) is 0 Å². The summed E-state index contributed by atoms with van der Waals surface area (Å²) in [5.74, 6) is -0.0565. The van der Waals surface area contributed by atoms with Crippen molar-refractivity contribution in [3.63, 3.8) is 0 Å². The fraction of sp³-hybridized carbons (Fsp3) is 0.400. The van der Waals surface area contributed by atoms with Crippen LogP contribution in [0.2, 0.25) is 19.6 Å². The highest BCUT2D eigenvalue weighted by Crippen LogP contribution is 2.19. The molecule has 0 aliphatic heterocycles. The predicted molar refractivity (Wildman–Crippen MR) is 80.7 cm³/mol. The molecule has 0 aliphatic rings. The first-order valence-corrected chi connectivity index (χ1v) is 10.1. The van der Waals surface area contributed by atoms with Gasteiger partial charge in [-0.3, -0.25) is 4.79 Å². The zero-order valence-electron chi connectivity index (χ0n) is 11.8. The molecule has 19 heavy (non-hydrogen) atoms. The SMILES string of the molecule is C[Si](C)(C)OC(=O)CCCc1c[nH]c2ccccc12. The highest BCUT2D eigenvalue weighted by atomic mass is 28.4. The number of rotatable bonds is 5. The molecule has 1 aromatic heterocycles. The third-order valence-electron chi connectivity index (χ3n) is 2.92. The Morgan fingerprint density at radius 3 is 2.74 bits per heavy atom. The average Bonchev–Trinajstić information content (AvgIpc) is 2.70. The van der Waals surface area contributed by atoms with Gasteiger partial charge in [0.1, 0.15) is 0 Å². The molecule has 0 aliphatic carbocycles. The summed E-state index contributed by atoms with van der Waals surface area (Å²) in [6.45, 7) is 6.10. The van der Waals surface area contributed by atoms with Crippen LogP contribution in [0.25, 0.3) is 10.9 Å². The Morgan fingerprint density at radius 1 is 1.26 bits per heavy atom. The Labute approximate surface area is 115 Å². The summed E-state index contributed by atoms with van der Waals surface area (Å²) in [5.41, 5.74) is 2.43. The van der Waals surface area contributed by atoms with Crippen molar-refractivity contribution in [3.05, 3.63) is 36.0 Å². The quantitative estimate of drug-likeness (QED) is 0.842. The summed E-state index contributed by atoms with van der Waals surface area (Å²) in [4.78, 5) is 14.9. The maximum atomic E-state index is 11.7. The van der Waals surface area contributed by atoms with Crippen molar-refractivity contribution >= 4 is 25.2 Å². The number of carbonyl (C=O) groups is 1. The van der Waals surface area contributed by atoms with Gasteiger partial charge in [-0.25, -0.2) is 0 Å². The van der Waals surface area contributed by atoms with Crippen molar-refractivity contribution < 1.29 is 9.22 Å². The van der Waals surface area contributed by atoms with Crippen LogP contribution in [-0.2, 0) is 15.6 Å². The topological polar surface area (TPSA) is 42.1 Å². The number of aryl methyl sites for hydroxylation is 1. The molecule has 0 radical (unpaired) electrons. The van der Waals surface area contributed by atoms with Crippen molar-refractivity contribution in [3.8, 4) is 0 Å². The van der Waals surface area contributed by atoms with Crippen LogP contribution >= 0.6 is 0 Å². The van der Waals surface area contributed by atoms with Gasteiger partial charge in [-0.15, -0.1) is 0 Å². The molecule has 0 amide bonds. The third kappa shape index (κ3) is 3.96. The maximum Gasteiger partial charge on any atom is 0.292 e. The summed E-state index contributed by atoms with van der Waals surface area (Å²) in [5, 5.41) is 1.25. The Hall–Kier alpha value is -1.55. The van der Waals surface area contributed by atoms with Crippen molar-refractivity contribution in [2.24, 2.45) is 0 Å². The van der Waals surface area contributed by atoms with Crippen molar-refractivity contribution in [1.82, 2.24) is 4.98 Å². The minimum Gasteiger partial charge on any atom is -0.520 e. The Bertz CT molecular complexity index is 569. The number of aromatic nitrogens is 1. The molecule has 4 heteroatoms. The van der Waals surface area contributed by atoms with Gasteiger partial charge in [-0.2, -0.15) is 0 Å². The maximum absolute atomic E-state index is 11.7. The summed E-state index contributed by atoms with van der Waals surface area (Å²) in [7, 11) is -1.74. The zero-order valence-corrected chi connectivity index (χ0v) is 12.8. The summed E-state index contributed by atoms with van der Waals surface area (Å²) >= 11 is 0. The van der Waals surface area contributed by atoms with Crippen LogP contribution in [0, 0.1) is 0 Å². The minimum absolute atomic E-state index is 0.0565. The van der Waals surface area contributed by atoms with Crippen molar-refractivity contribution in [2.45, 2.75) is 38.9 Å². The fourth-order valence-corrected chi connectivity index (χ4v) is 2.94. The first kappa shape index (κ1) is 13.9. The Balaban J connectivity index is 1.88. The molecule has 1 N–H and O–H groups in total. The molecule has 1 aromatic carbocycles. The van der Waals surface area contributed by atoms with E-state index in [9.17, 15) is 4.79 Å². The van der Waals surface area contributed by atoms with Gasteiger partial charge in [0.2, 0.25) is 8.32 Å². The highest BCUT2D eigenvalue weighted by molar-refractivity contribution is 6.71. The standard InChI is InChI=1S/C15H21NO2Si/c1-19(2,3)18-15(17)10-6-7-12-11-16-14-9-5-4-8-13(12)14/h4-5,8-9,11,16H,6-7,10H2,1-3H3. The number of fused-ring (bicyclic) bond motifs is 1. The Morgan fingerprint density at radius 2 is 2.00 bits per heavy atom. The molecular formula is C15H21NO2Si. The van der Waals surface area contributed by atoms with E-state index in [0.29, 0.717) is 6.42 Å². The number of benzene rings is 1. The molecule has 0 saturated carbocycles. The molecule has 2 aromatic rings. The lowest BCUT2D eigenvalue weighted by Gasteiger charge is -2.17. The second kappa shape index (κ2) is 5.61. The summed E-state index contributed by atoms with van der Waals surface area (Å²) < 4.78 is 5.44. The van der Waals surface area contributed by atoms with Crippen LogP contribution in [0.4, 0.5) is 0 Å². The monoisotopic (exact) mass is 275 g/mol.